The molecule has 1 heterocycles. The fourth-order valence-corrected chi connectivity index (χ4v) is 3.64. The fraction of sp³-hybridized carbons (Fsp3) is 0.353. The first-order valence-corrected chi connectivity index (χ1v) is 9.09. The van der Waals surface area contributed by atoms with Gasteiger partial charge in [-0.15, -0.1) is 0 Å². The van der Waals surface area contributed by atoms with Crippen molar-refractivity contribution in [1.29, 1.82) is 0 Å². The van der Waals surface area contributed by atoms with Crippen LogP contribution in [0.2, 0.25) is 10.0 Å². The molecule has 26 heavy (non-hydrogen) atoms. The van der Waals surface area contributed by atoms with Crippen molar-refractivity contribution in [2.45, 2.75) is 26.4 Å². The van der Waals surface area contributed by atoms with Gasteiger partial charge in [-0.3, -0.25) is 19.3 Å². The highest BCUT2D eigenvalue weighted by molar-refractivity contribution is 8.18. The summed E-state index contributed by atoms with van der Waals surface area (Å²) in [5.74, 6) is -0.908. The van der Waals surface area contributed by atoms with E-state index in [1.165, 1.54) is 13.2 Å². The Morgan fingerprint density at radius 3 is 2.31 bits per heavy atom. The fourth-order valence-electron chi connectivity index (χ4n) is 2.15. The van der Waals surface area contributed by atoms with Gasteiger partial charge in [0.2, 0.25) is 0 Å². The summed E-state index contributed by atoms with van der Waals surface area (Å²) in [4.78, 5) is 37.4. The summed E-state index contributed by atoms with van der Waals surface area (Å²) in [7, 11) is 1.44. The molecule has 0 unspecified atom stereocenters. The Morgan fingerprint density at radius 1 is 1.23 bits per heavy atom. The number of esters is 1. The van der Waals surface area contributed by atoms with Crippen molar-refractivity contribution in [2.24, 2.45) is 0 Å². The summed E-state index contributed by atoms with van der Waals surface area (Å²) in [5, 5.41) is 0.0104. The van der Waals surface area contributed by atoms with E-state index in [9.17, 15) is 14.4 Å². The molecule has 0 bridgehead atoms. The first kappa shape index (κ1) is 20.6. The van der Waals surface area contributed by atoms with E-state index in [4.69, 9.17) is 32.7 Å². The molecular formula is C17H17Cl2NO5S. The summed E-state index contributed by atoms with van der Waals surface area (Å²) in [5.41, 5.74) is -0.172. The molecule has 6 nitrogen and oxygen atoms in total. The van der Waals surface area contributed by atoms with Crippen molar-refractivity contribution in [3.8, 4) is 5.75 Å². The minimum Gasteiger partial charge on any atom is -0.494 e. The second-order valence-electron chi connectivity index (χ2n) is 6.37. The van der Waals surface area contributed by atoms with Crippen molar-refractivity contribution in [1.82, 2.24) is 4.90 Å². The summed E-state index contributed by atoms with van der Waals surface area (Å²) < 4.78 is 10.2. The van der Waals surface area contributed by atoms with Crippen LogP contribution in [0.25, 0.3) is 6.08 Å². The molecule has 0 saturated carbocycles. The molecule has 1 aliphatic heterocycles. The molecule has 1 aromatic rings. The Morgan fingerprint density at radius 2 is 1.81 bits per heavy atom. The topological polar surface area (TPSA) is 72.9 Å². The number of rotatable bonds is 4. The van der Waals surface area contributed by atoms with E-state index in [0.717, 1.165) is 16.7 Å². The Bertz CT molecular complexity index is 778. The van der Waals surface area contributed by atoms with Crippen LogP contribution in [0.3, 0.4) is 0 Å². The third-order valence-corrected chi connectivity index (χ3v) is 4.57. The Balaban J connectivity index is 2.20. The van der Waals surface area contributed by atoms with Gasteiger partial charge in [0.15, 0.2) is 5.75 Å². The molecule has 1 aliphatic rings. The number of hydrogen-bond donors (Lipinski definition) is 0. The van der Waals surface area contributed by atoms with Crippen molar-refractivity contribution in [3.63, 3.8) is 0 Å². The number of ether oxygens (including phenoxy) is 2. The first-order valence-electron chi connectivity index (χ1n) is 7.52. The molecule has 0 radical (unpaired) electrons. The van der Waals surface area contributed by atoms with Gasteiger partial charge >= 0.3 is 5.97 Å². The van der Waals surface area contributed by atoms with E-state index in [1.807, 2.05) is 0 Å². The van der Waals surface area contributed by atoms with Crippen LogP contribution in [0, 0.1) is 0 Å². The predicted molar refractivity (Wildman–Crippen MR) is 102 cm³/mol. The number of nitrogens with zero attached hydrogens (tertiary/aromatic N) is 1. The average molecular weight is 418 g/mol. The highest BCUT2D eigenvalue weighted by Crippen LogP contribution is 2.37. The monoisotopic (exact) mass is 417 g/mol. The highest BCUT2D eigenvalue weighted by Gasteiger charge is 2.37. The van der Waals surface area contributed by atoms with Crippen molar-refractivity contribution in [3.05, 3.63) is 32.6 Å². The van der Waals surface area contributed by atoms with Crippen LogP contribution in [0.15, 0.2) is 17.0 Å². The number of benzene rings is 1. The minimum atomic E-state index is -0.703. The van der Waals surface area contributed by atoms with E-state index >= 15 is 0 Å². The number of halogens is 2. The van der Waals surface area contributed by atoms with Gasteiger partial charge in [0.1, 0.15) is 12.1 Å². The average Bonchev–Trinajstić information content (AvgIpc) is 2.72. The van der Waals surface area contributed by atoms with Crippen LogP contribution in [0.5, 0.6) is 5.75 Å². The molecule has 0 N–H and O–H groups in total. The maximum absolute atomic E-state index is 12.4. The van der Waals surface area contributed by atoms with Crippen molar-refractivity contribution < 1.29 is 23.9 Å². The minimum absolute atomic E-state index is 0.163. The van der Waals surface area contributed by atoms with E-state index in [1.54, 1.807) is 32.9 Å². The summed E-state index contributed by atoms with van der Waals surface area (Å²) in [6.07, 6.45) is 1.48. The van der Waals surface area contributed by atoms with Crippen LogP contribution >= 0.6 is 35.0 Å². The van der Waals surface area contributed by atoms with Crippen LogP contribution in [0.4, 0.5) is 4.79 Å². The van der Waals surface area contributed by atoms with Gasteiger partial charge in [-0.2, -0.15) is 0 Å². The quantitative estimate of drug-likeness (QED) is 0.534. The largest absolute Gasteiger partial charge is 0.494 e. The Kier molecular flexibility index (Phi) is 6.26. The SMILES string of the molecule is COc1c(Cl)cc(C=C2SC(=O)N(CC(=O)OC(C)(C)C)C2=O)cc1Cl. The van der Waals surface area contributed by atoms with Gasteiger partial charge in [0.25, 0.3) is 11.1 Å². The van der Waals surface area contributed by atoms with Crippen LogP contribution in [0.1, 0.15) is 26.3 Å². The Labute approximate surface area is 165 Å². The molecule has 1 saturated heterocycles. The molecule has 0 aromatic heterocycles. The number of imide groups is 1. The van der Waals surface area contributed by atoms with E-state index in [-0.39, 0.29) is 15.0 Å². The third kappa shape index (κ3) is 4.93. The number of thioether (sulfide) groups is 1. The number of methoxy groups -OCH3 is 1. The van der Waals surface area contributed by atoms with Crippen LogP contribution in [-0.4, -0.2) is 41.3 Å². The van der Waals surface area contributed by atoms with Gasteiger partial charge in [-0.1, -0.05) is 23.2 Å². The molecule has 1 fully saturated rings. The molecule has 0 spiro atoms. The molecule has 1 aromatic carbocycles. The van der Waals surface area contributed by atoms with Crippen molar-refractivity contribution >= 4 is 58.2 Å². The lowest BCUT2D eigenvalue weighted by Gasteiger charge is -2.21. The number of hydrogen-bond acceptors (Lipinski definition) is 6. The normalized spacial score (nSPS) is 16.4. The summed E-state index contributed by atoms with van der Waals surface area (Å²) in [6, 6.07) is 3.13. The molecule has 9 heteroatoms. The molecule has 0 atom stereocenters. The van der Waals surface area contributed by atoms with Crippen molar-refractivity contribution in [2.75, 3.05) is 13.7 Å². The zero-order valence-electron chi connectivity index (χ0n) is 14.6. The van der Waals surface area contributed by atoms with Crippen LogP contribution in [-0.2, 0) is 14.3 Å². The lowest BCUT2D eigenvalue weighted by molar-refractivity contribution is -0.156. The third-order valence-electron chi connectivity index (χ3n) is 3.10. The van der Waals surface area contributed by atoms with Crippen LogP contribution < -0.4 is 4.74 Å². The molecule has 140 valence electrons. The molecular weight excluding hydrogens is 401 g/mol. The van der Waals surface area contributed by atoms with Gasteiger partial charge in [-0.05, 0) is 56.3 Å². The predicted octanol–water partition coefficient (Wildman–Crippen LogP) is 4.38. The lowest BCUT2D eigenvalue weighted by atomic mass is 10.2. The summed E-state index contributed by atoms with van der Waals surface area (Å²) in [6.45, 7) is 4.67. The molecule has 2 rings (SSSR count). The van der Waals surface area contributed by atoms with Gasteiger partial charge in [-0.25, -0.2) is 0 Å². The lowest BCUT2D eigenvalue weighted by Crippen LogP contribution is -2.37. The standard InChI is InChI=1S/C17H17Cl2NO5S/c1-17(2,3)25-13(21)8-20-15(22)12(26-16(20)23)7-9-5-10(18)14(24-4)11(19)6-9/h5-7H,8H2,1-4H3. The second kappa shape index (κ2) is 7.90. The van der Waals surface area contributed by atoms with Gasteiger partial charge in [0, 0.05) is 0 Å². The maximum Gasteiger partial charge on any atom is 0.326 e. The van der Waals surface area contributed by atoms with Gasteiger partial charge < -0.3 is 9.47 Å². The summed E-state index contributed by atoms with van der Waals surface area (Å²) >= 11 is 12.9. The number of amides is 2. The molecule has 0 aliphatic carbocycles. The highest BCUT2D eigenvalue weighted by atomic mass is 35.5. The maximum atomic E-state index is 12.4. The zero-order chi connectivity index (χ0) is 19.6. The zero-order valence-corrected chi connectivity index (χ0v) is 16.9. The van der Waals surface area contributed by atoms with E-state index in [0.29, 0.717) is 11.3 Å². The Hall–Kier alpha value is -1.70. The van der Waals surface area contributed by atoms with E-state index < -0.39 is 29.3 Å². The van der Waals surface area contributed by atoms with E-state index in [2.05, 4.69) is 0 Å². The number of carbonyl (C=O) groups is 3. The second-order valence-corrected chi connectivity index (χ2v) is 8.18. The number of carbonyl (C=O) groups excluding carboxylic acids is 3. The first-order chi connectivity index (χ1) is 12.0. The smallest absolute Gasteiger partial charge is 0.326 e. The van der Waals surface area contributed by atoms with Gasteiger partial charge in [0.05, 0.1) is 22.1 Å². The molecule has 2 amide bonds.